The van der Waals surface area contributed by atoms with Crippen LogP contribution in [-0.2, 0) is 0 Å². The van der Waals surface area contributed by atoms with Gasteiger partial charge in [-0.3, -0.25) is 9.78 Å². The molecule has 1 amide bonds. The number of aromatic nitrogens is 3. The Morgan fingerprint density at radius 1 is 1.23 bits per heavy atom. The average molecular weight is 442 g/mol. The Hall–Kier alpha value is -3.11. The van der Waals surface area contributed by atoms with Gasteiger partial charge in [-0.05, 0) is 25.0 Å². The van der Waals surface area contributed by atoms with Crippen molar-refractivity contribution in [3.8, 4) is 10.4 Å². The minimum atomic E-state index is -0.704. The van der Waals surface area contributed by atoms with Crippen LogP contribution >= 0.6 is 11.3 Å². The molecular weight excluding hydrogens is 417 g/mol. The standard InChI is InChI=1S/C21H24FN7OS/c22-16-2-7-29(8-3-16)17-1-5-25-19(10-17)28-21-27-13-18(31-21)14-9-15(12-24-11-14)20(30)26-6-4-23/h1,5,9-13,16H,2-4,6-8,23H2,(H,26,30)(H,25,27,28). The first-order valence-electron chi connectivity index (χ1n) is 10.1. The molecule has 1 fully saturated rings. The second kappa shape index (κ2) is 9.80. The minimum absolute atomic E-state index is 0.208. The van der Waals surface area contributed by atoms with Crippen molar-refractivity contribution in [3.05, 3.63) is 48.5 Å². The fourth-order valence-electron chi connectivity index (χ4n) is 3.35. The number of amides is 1. The van der Waals surface area contributed by atoms with Crippen LogP contribution in [0, 0.1) is 0 Å². The number of nitrogens with one attached hydrogen (secondary N) is 2. The van der Waals surface area contributed by atoms with E-state index in [-0.39, 0.29) is 5.91 Å². The van der Waals surface area contributed by atoms with E-state index in [4.69, 9.17) is 5.73 Å². The number of pyridine rings is 2. The molecule has 0 spiro atoms. The van der Waals surface area contributed by atoms with Crippen LogP contribution in [0.4, 0.5) is 21.0 Å². The highest BCUT2D eigenvalue weighted by Crippen LogP contribution is 2.31. The van der Waals surface area contributed by atoms with Crippen LogP contribution in [0.1, 0.15) is 23.2 Å². The number of rotatable bonds is 7. The summed E-state index contributed by atoms with van der Waals surface area (Å²) in [7, 11) is 0. The molecule has 0 aromatic carbocycles. The van der Waals surface area contributed by atoms with Gasteiger partial charge in [-0.1, -0.05) is 11.3 Å². The molecule has 0 bridgehead atoms. The molecule has 1 aliphatic rings. The Morgan fingerprint density at radius 3 is 2.87 bits per heavy atom. The van der Waals surface area contributed by atoms with Crippen LogP contribution in [0.15, 0.2) is 43.0 Å². The zero-order valence-electron chi connectivity index (χ0n) is 16.9. The van der Waals surface area contributed by atoms with E-state index in [0.717, 1.165) is 16.1 Å². The number of hydrogen-bond acceptors (Lipinski definition) is 8. The molecule has 1 saturated heterocycles. The molecular formula is C21H24FN7OS. The number of carbonyl (C=O) groups excluding carboxylic acids is 1. The molecule has 3 aromatic heterocycles. The maximum absolute atomic E-state index is 13.4. The SMILES string of the molecule is NCCNC(=O)c1cncc(-c2cnc(Nc3cc(N4CCC(F)CC4)ccn3)s2)c1. The number of alkyl halides is 1. The lowest BCUT2D eigenvalue weighted by Crippen LogP contribution is -2.34. The predicted molar refractivity (Wildman–Crippen MR) is 121 cm³/mol. The highest BCUT2D eigenvalue weighted by Gasteiger charge is 2.19. The van der Waals surface area contributed by atoms with Crippen molar-refractivity contribution in [1.29, 1.82) is 0 Å². The Kier molecular flexibility index (Phi) is 6.68. The summed E-state index contributed by atoms with van der Waals surface area (Å²) < 4.78 is 13.4. The summed E-state index contributed by atoms with van der Waals surface area (Å²) in [5.74, 6) is 0.467. The van der Waals surface area contributed by atoms with Crippen molar-refractivity contribution < 1.29 is 9.18 Å². The van der Waals surface area contributed by atoms with E-state index in [1.54, 1.807) is 24.7 Å². The summed E-state index contributed by atoms with van der Waals surface area (Å²) >= 11 is 1.44. The number of nitrogens with two attached hydrogens (primary N) is 1. The van der Waals surface area contributed by atoms with E-state index in [2.05, 4.69) is 30.5 Å². The first-order valence-corrected chi connectivity index (χ1v) is 11.0. The van der Waals surface area contributed by atoms with Crippen molar-refractivity contribution in [2.24, 2.45) is 5.73 Å². The molecule has 31 heavy (non-hydrogen) atoms. The van der Waals surface area contributed by atoms with Gasteiger partial charge < -0.3 is 21.3 Å². The maximum Gasteiger partial charge on any atom is 0.252 e. The Morgan fingerprint density at radius 2 is 2.06 bits per heavy atom. The van der Waals surface area contributed by atoms with E-state index in [1.807, 2.05) is 12.1 Å². The van der Waals surface area contributed by atoms with Gasteiger partial charge in [0.05, 0.1) is 10.4 Å². The first-order chi connectivity index (χ1) is 15.1. The number of nitrogens with zero attached hydrogens (tertiary/aromatic N) is 4. The fourth-order valence-corrected chi connectivity index (χ4v) is 4.16. The maximum atomic E-state index is 13.4. The van der Waals surface area contributed by atoms with Gasteiger partial charge >= 0.3 is 0 Å². The molecule has 0 atom stereocenters. The Labute approximate surface area is 183 Å². The van der Waals surface area contributed by atoms with E-state index in [1.165, 1.54) is 17.5 Å². The van der Waals surface area contributed by atoms with Crippen molar-refractivity contribution >= 4 is 33.9 Å². The monoisotopic (exact) mass is 441 g/mol. The molecule has 0 aliphatic carbocycles. The molecule has 4 N–H and O–H groups in total. The van der Waals surface area contributed by atoms with Gasteiger partial charge in [0.25, 0.3) is 5.91 Å². The lowest BCUT2D eigenvalue weighted by atomic mass is 10.1. The van der Waals surface area contributed by atoms with Crippen molar-refractivity contribution in [1.82, 2.24) is 20.3 Å². The van der Waals surface area contributed by atoms with E-state index in [9.17, 15) is 9.18 Å². The van der Waals surface area contributed by atoms with Crippen molar-refractivity contribution in [2.45, 2.75) is 19.0 Å². The number of halogens is 1. The number of piperidine rings is 1. The fraction of sp³-hybridized carbons (Fsp3) is 0.333. The van der Waals surface area contributed by atoms with Crippen LogP contribution in [0.3, 0.4) is 0 Å². The molecule has 8 nitrogen and oxygen atoms in total. The summed E-state index contributed by atoms with van der Waals surface area (Å²) in [4.78, 5) is 28.2. The quantitative estimate of drug-likeness (QED) is 0.517. The van der Waals surface area contributed by atoms with Gasteiger partial charge in [0.1, 0.15) is 12.0 Å². The average Bonchev–Trinajstić information content (AvgIpc) is 3.27. The summed E-state index contributed by atoms with van der Waals surface area (Å²) in [5.41, 5.74) is 7.73. The Balaban J connectivity index is 1.45. The topological polar surface area (TPSA) is 109 Å². The molecule has 0 unspecified atom stereocenters. The highest BCUT2D eigenvalue weighted by molar-refractivity contribution is 7.18. The highest BCUT2D eigenvalue weighted by atomic mass is 32.1. The molecule has 1 aliphatic heterocycles. The minimum Gasteiger partial charge on any atom is -0.371 e. The largest absolute Gasteiger partial charge is 0.371 e. The summed E-state index contributed by atoms with van der Waals surface area (Å²) in [6.07, 6.45) is 7.10. The van der Waals surface area contributed by atoms with Gasteiger partial charge in [0.2, 0.25) is 0 Å². The molecule has 162 valence electrons. The van der Waals surface area contributed by atoms with Gasteiger partial charge in [0, 0.05) is 68.3 Å². The summed E-state index contributed by atoms with van der Waals surface area (Å²) in [5, 5.41) is 6.65. The Bertz CT molecular complexity index is 1040. The number of thiazole rings is 1. The molecule has 3 aromatic rings. The van der Waals surface area contributed by atoms with Gasteiger partial charge in [-0.25, -0.2) is 14.4 Å². The third-order valence-electron chi connectivity index (χ3n) is 4.99. The zero-order valence-corrected chi connectivity index (χ0v) is 17.7. The lowest BCUT2D eigenvalue weighted by molar-refractivity contribution is 0.0954. The van der Waals surface area contributed by atoms with Crippen LogP contribution in [0.2, 0.25) is 0 Å². The van der Waals surface area contributed by atoms with Crippen molar-refractivity contribution in [3.63, 3.8) is 0 Å². The molecule has 4 rings (SSSR count). The van der Waals surface area contributed by atoms with Crippen LogP contribution in [0.25, 0.3) is 10.4 Å². The van der Waals surface area contributed by atoms with E-state index < -0.39 is 6.17 Å². The van der Waals surface area contributed by atoms with Crippen LogP contribution in [0.5, 0.6) is 0 Å². The molecule has 0 saturated carbocycles. The zero-order chi connectivity index (χ0) is 21.6. The lowest BCUT2D eigenvalue weighted by Gasteiger charge is -2.30. The normalized spacial score (nSPS) is 14.5. The first kappa shape index (κ1) is 21.1. The molecule has 0 radical (unpaired) electrons. The third-order valence-corrected chi connectivity index (χ3v) is 5.95. The van der Waals surface area contributed by atoms with E-state index >= 15 is 0 Å². The molecule has 4 heterocycles. The van der Waals surface area contributed by atoms with Crippen molar-refractivity contribution in [2.75, 3.05) is 36.4 Å². The van der Waals surface area contributed by atoms with Crippen LogP contribution < -0.4 is 21.3 Å². The summed E-state index contributed by atoms with van der Waals surface area (Å²) in [6, 6.07) is 5.66. The van der Waals surface area contributed by atoms with Gasteiger partial charge in [-0.15, -0.1) is 0 Å². The van der Waals surface area contributed by atoms with Gasteiger partial charge in [0.15, 0.2) is 5.13 Å². The number of anilines is 3. The van der Waals surface area contributed by atoms with Crippen LogP contribution in [-0.4, -0.2) is 53.2 Å². The summed E-state index contributed by atoms with van der Waals surface area (Å²) in [6.45, 7) is 2.20. The predicted octanol–water partition coefficient (Wildman–Crippen LogP) is 2.97. The second-order valence-electron chi connectivity index (χ2n) is 7.22. The molecule has 10 heteroatoms. The number of hydrogen-bond donors (Lipinski definition) is 3. The van der Waals surface area contributed by atoms with E-state index in [0.29, 0.717) is 55.5 Å². The second-order valence-corrected chi connectivity index (χ2v) is 8.25. The number of carbonyl (C=O) groups is 1. The smallest absolute Gasteiger partial charge is 0.252 e. The van der Waals surface area contributed by atoms with Gasteiger partial charge in [-0.2, -0.15) is 0 Å². The third kappa shape index (κ3) is 5.33.